The summed E-state index contributed by atoms with van der Waals surface area (Å²) in [6.07, 6.45) is 1.96. The summed E-state index contributed by atoms with van der Waals surface area (Å²) in [5.74, 6) is 0. The Hall–Kier alpha value is -1.16. The Labute approximate surface area is 119 Å². The van der Waals surface area contributed by atoms with E-state index in [1.54, 1.807) is 0 Å². The van der Waals surface area contributed by atoms with Crippen molar-refractivity contribution in [1.82, 2.24) is 5.32 Å². The van der Waals surface area contributed by atoms with Crippen LogP contribution in [0.2, 0.25) is 0 Å². The number of hydrogen-bond acceptors (Lipinski definition) is 3. The maximum atomic E-state index is 9.46. The summed E-state index contributed by atoms with van der Waals surface area (Å²) >= 11 is 1.85. The average molecular weight is 275 g/mol. The van der Waals surface area contributed by atoms with Crippen LogP contribution in [0.4, 0.5) is 0 Å². The zero-order valence-corrected chi connectivity index (χ0v) is 12.1. The number of aryl methyl sites for hydroxylation is 1. The van der Waals surface area contributed by atoms with Crippen molar-refractivity contribution in [3.05, 3.63) is 57.8 Å². The van der Waals surface area contributed by atoms with E-state index >= 15 is 0 Å². The van der Waals surface area contributed by atoms with Gasteiger partial charge in [-0.05, 0) is 30.5 Å². The van der Waals surface area contributed by atoms with Gasteiger partial charge in [0, 0.05) is 22.3 Å². The lowest BCUT2D eigenvalue weighted by molar-refractivity contribution is 0.241. The second kappa shape index (κ2) is 7.43. The fraction of sp³-hybridized carbons (Fsp3) is 0.375. The number of rotatable bonds is 7. The van der Waals surface area contributed by atoms with Crippen molar-refractivity contribution in [2.45, 2.75) is 32.4 Å². The van der Waals surface area contributed by atoms with Crippen molar-refractivity contribution in [3.63, 3.8) is 0 Å². The molecule has 1 heterocycles. The molecule has 0 radical (unpaired) electrons. The summed E-state index contributed by atoms with van der Waals surface area (Å²) < 4.78 is 0. The van der Waals surface area contributed by atoms with Gasteiger partial charge in [0.05, 0.1) is 6.61 Å². The Morgan fingerprint density at radius 3 is 2.47 bits per heavy atom. The number of aliphatic hydroxyl groups is 1. The van der Waals surface area contributed by atoms with Crippen molar-refractivity contribution in [2.24, 2.45) is 0 Å². The summed E-state index contributed by atoms with van der Waals surface area (Å²) in [5, 5.41) is 12.9. The Morgan fingerprint density at radius 1 is 1.11 bits per heavy atom. The first-order chi connectivity index (χ1) is 9.31. The molecule has 2 aromatic rings. The fourth-order valence-electron chi connectivity index (χ4n) is 2.05. The largest absolute Gasteiger partial charge is 0.395 e. The standard InChI is InChI=1S/C16H21NOS/c1-2-15-8-9-16(19-15)11-17-14(12-18)10-13-6-4-3-5-7-13/h3-9,14,17-18H,2,10-12H2,1H3/t14-/m1/s1. The van der Waals surface area contributed by atoms with E-state index in [0.717, 1.165) is 19.4 Å². The van der Waals surface area contributed by atoms with Gasteiger partial charge in [0.15, 0.2) is 0 Å². The summed E-state index contributed by atoms with van der Waals surface area (Å²) in [6, 6.07) is 14.8. The molecule has 1 aromatic heterocycles. The molecule has 2 rings (SSSR count). The van der Waals surface area contributed by atoms with Gasteiger partial charge in [0.2, 0.25) is 0 Å². The third-order valence-electron chi connectivity index (χ3n) is 3.18. The zero-order valence-electron chi connectivity index (χ0n) is 11.3. The van der Waals surface area contributed by atoms with Crippen LogP contribution in [0.15, 0.2) is 42.5 Å². The molecule has 0 saturated carbocycles. The van der Waals surface area contributed by atoms with E-state index in [0.29, 0.717) is 0 Å². The molecule has 19 heavy (non-hydrogen) atoms. The van der Waals surface area contributed by atoms with Crippen molar-refractivity contribution < 1.29 is 5.11 Å². The SMILES string of the molecule is CCc1ccc(CN[C@@H](CO)Cc2ccccc2)s1. The number of aliphatic hydroxyl groups excluding tert-OH is 1. The van der Waals surface area contributed by atoms with Gasteiger partial charge in [-0.25, -0.2) is 0 Å². The van der Waals surface area contributed by atoms with Crippen LogP contribution in [0.5, 0.6) is 0 Å². The molecule has 0 aliphatic heterocycles. The number of thiophene rings is 1. The molecular weight excluding hydrogens is 254 g/mol. The first kappa shape index (κ1) is 14.3. The Bertz CT molecular complexity index is 481. The topological polar surface area (TPSA) is 32.3 Å². The minimum absolute atomic E-state index is 0.120. The van der Waals surface area contributed by atoms with Crippen LogP contribution in [0.25, 0.3) is 0 Å². The van der Waals surface area contributed by atoms with Gasteiger partial charge >= 0.3 is 0 Å². The van der Waals surface area contributed by atoms with Crippen LogP contribution in [-0.2, 0) is 19.4 Å². The normalized spacial score (nSPS) is 12.5. The second-order valence-corrected chi connectivity index (χ2v) is 5.92. The van der Waals surface area contributed by atoms with Gasteiger partial charge in [-0.15, -0.1) is 11.3 Å². The summed E-state index contributed by atoms with van der Waals surface area (Å²) in [6.45, 7) is 3.18. The fourth-order valence-corrected chi connectivity index (χ4v) is 2.96. The smallest absolute Gasteiger partial charge is 0.0587 e. The molecule has 2 nitrogen and oxygen atoms in total. The lowest BCUT2D eigenvalue weighted by Gasteiger charge is -2.15. The maximum Gasteiger partial charge on any atom is 0.0587 e. The van der Waals surface area contributed by atoms with Gasteiger partial charge in [-0.3, -0.25) is 0 Å². The quantitative estimate of drug-likeness (QED) is 0.814. The van der Waals surface area contributed by atoms with Crippen LogP contribution in [-0.4, -0.2) is 17.8 Å². The molecule has 1 aromatic carbocycles. The van der Waals surface area contributed by atoms with Gasteiger partial charge < -0.3 is 10.4 Å². The van der Waals surface area contributed by atoms with Gasteiger partial charge in [0.25, 0.3) is 0 Å². The van der Waals surface area contributed by atoms with Crippen LogP contribution in [0.1, 0.15) is 22.2 Å². The second-order valence-electron chi connectivity index (χ2n) is 4.67. The lowest BCUT2D eigenvalue weighted by Crippen LogP contribution is -2.33. The number of hydrogen-bond donors (Lipinski definition) is 2. The summed E-state index contributed by atoms with van der Waals surface area (Å²) in [7, 11) is 0. The Balaban J connectivity index is 1.85. The van der Waals surface area contributed by atoms with Gasteiger partial charge in [0.1, 0.15) is 0 Å². The predicted molar refractivity (Wildman–Crippen MR) is 81.6 cm³/mol. The van der Waals surface area contributed by atoms with Crippen LogP contribution in [0, 0.1) is 0 Å². The highest BCUT2D eigenvalue weighted by Crippen LogP contribution is 2.16. The minimum Gasteiger partial charge on any atom is -0.395 e. The highest BCUT2D eigenvalue weighted by molar-refractivity contribution is 7.11. The number of nitrogens with one attached hydrogen (secondary N) is 1. The van der Waals surface area contributed by atoms with Crippen LogP contribution in [0.3, 0.4) is 0 Å². The monoisotopic (exact) mass is 275 g/mol. The molecular formula is C16H21NOS. The Morgan fingerprint density at radius 2 is 1.84 bits per heavy atom. The first-order valence-corrected chi connectivity index (χ1v) is 7.59. The van der Waals surface area contributed by atoms with Crippen LogP contribution >= 0.6 is 11.3 Å². The molecule has 0 fully saturated rings. The van der Waals surface area contributed by atoms with Crippen molar-refractivity contribution in [1.29, 1.82) is 0 Å². The molecule has 102 valence electrons. The summed E-state index contributed by atoms with van der Waals surface area (Å²) in [5.41, 5.74) is 1.26. The van der Waals surface area contributed by atoms with E-state index in [2.05, 4.69) is 36.5 Å². The highest BCUT2D eigenvalue weighted by Gasteiger charge is 2.08. The van der Waals surface area contributed by atoms with E-state index in [9.17, 15) is 5.11 Å². The molecule has 0 aliphatic carbocycles. The molecule has 0 aliphatic rings. The number of benzene rings is 1. The highest BCUT2D eigenvalue weighted by atomic mass is 32.1. The summed E-state index contributed by atoms with van der Waals surface area (Å²) in [4.78, 5) is 2.75. The van der Waals surface area contributed by atoms with Gasteiger partial charge in [-0.2, -0.15) is 0 Å². The molecule has 0 spiro atoms. The van der Waals surface area contributed by atoms with E-state index in [1.165, 1.54) is 15.3 Å². The molecule has 0 saturated heterocycles. The molecule has 1 atom stereocenters. The predicted octanol–water partition coefficient (Wildman–Crippen LogP) is 3.00. The lowest BCUT2D eigenvalue weighted by atomic mass is 10.1. The van der Waals surface area contributed by atoms with E-state index in [4.69, 9.17) is 0 Å². The first-order valence-electron chi connectivity index (χ1n) is 6.77. The molecule has 2 N–H and O–H groups in total. The molecule has 3 heteroatoms. The zero-order chi connectivity index (χ0) is 13.5. The van der Waals surface area contributed by atoms with E-state index in [-0.39, 0.29) is 12.6 Å². The third-order valence-corrected chi connectivity index (χ3v) is 4.41. The van der Waals surface area contributed by atoms with E-state index in [1.807, 2.05) is 29.5 Å². The maximum absolute atomic E-state index is 9.46. The molecule has 0 bridgehead atoms. The van der Waals surface area contributed by atoms with Crippen molar-refractivity contribution >= 4 is 11.3 Å². The van der Waals surface area contributed by atoms with Crippen molar-refractivity contribution in [3.8, 4) is 0 Å². The third kappa shape index (κ3) is 4.46. The van der Waals surface area contributed by atoms with Crippen molar-refractivity contribution in [2.75, 3.05) is 6.61 Å². The minimum atomic E-state index is 0.120. The van der Waals surface area contributed by atoms with E-state index < -0.39 is 0 Å². The van der Waals surface area contributed by atoms with Crippen LogP contribution < -0.4 is 5.32 Å². The Kier molecular flexibility index (Phi) is 5.58. The molecule has 0 unspecified atom stereocenters. The molecule has 0 amide bonds. The van der Waals surface area contributed by atoms with Gasteiger partial charge in [-0.1, -0.05) is 37.3 Å². The average Bonchev–Trinajstić information content (AvgIpc) is 2.92.